The van der Waals surface area contributed by atoms with Crippen LogP contribution in [0.4, 0.5) is 0 Å². The van der Waals surface area contributed by atoms with Crippen molar-refractivity contribution in [2.45, 2.75) is 19.8 Å². The maximum absolute atomic E-state index is 3.28. The first-order valence-corrected chi connectivity index (χ1v) is 3.97. The summed E-state index contributed by atoms with van der Waals surface area (Å²) in [5, 5.41) is 3.28. The van der Waals surface area contributed by atoms with E-state index in [1.807, 2.05) is 0 Å². The Morgan fingerprint density at radius 3 is 3.40 bits per heavy atom. The third-order valence-corrected chi connectivity index (χ3v) is 2.40. The van der Waals surface area contributed by atoms with E-state index in [4.69, 9.17) is 0 Å². The highest BCUT2D eigenvalue weighted by atomic mass is 14.9. The Morgan fingerprint density at radius 2 is 2.50 bits per heavy atom. The molecule has 54 valence electrons. The molecule has 0 spiro atoms. The fourth-order valence-electron chi connectivity index (χ4n) is 1.74. The zero-order chi connectivity index (χ0) is 6.97. The maximum atomic E-state index is 3.28. The molecule has 0 fully saturated rings. The summed E-state index contributed by atoms with van der Waals surface area (Å²) in [6, 6.07) is 0. The van der Waals surface area contributed by atoms with Crippen LogP contribution in [0.1, 0.15) is 19.8 Å². The molecule has 1 aliphatic heterocycles. The molecule has 1 aliphatic carbocycles. The van der Waals surface area contributed by atoms with Gasteiger partial charge in [-0.25, -0.2) is 0 Å². The fourth-order valence-corrected chi connectivity index (χ4v) is 1.74. The lowest BCUT2D eigenvalue weighted by atomic mass is 9.88. The molecule has 0 radical (unpaired) electrons. The van der Waals surface area contributed by atoms with Crippen molar-refractivity contribution in [3.63, 3.8) is 0 Å². The van der Waals surface area contributed by atoms with E-state index in [9.17, 15) is 0 Å². The molecule has 0 bridgehead atoms. The fraction of sp³-hybridized carbons (Fsp3) is 0.556. The average molecular weight is 135 g/mol. The van der Waals surface area contributed by atoms with Crippen LogP contribution in [-0.4, -0.2) is 6.54 Å². The van der Waals surface area contributed by atoms with Crippen LogP contribution >= 0.6 is 0 Å². The van der Waals surface area contributed by atoms with E-state index in [-0.39, 0.29) is 0 Å². The van der Waals surface area contributed by atoms with Crippen molar-refractivity contribution in [3.05, 3.63) is 23.4 Å². The minimum Gasteiger partial charge on any atom is -0.390 e. The molecule has 2 aliphatic rings. The number of rotatable bonds is 0. The molecule has 2 rings (SSSR count). The molecule has 1 heteroatoms. The molecule has 10 heavy (non-hydrogen) atoms. The average Bonchev–Trinajstić information content (AvgIpc) is 2.33. The van der Waals surface area contributed by atoms with Crippen LogP contribution in [0.3, 0.4) is 0 Å². The van der Waals surface area contributed by atoms with Gasteiger partial charge in [-0.1, -0.05) is 11.6 Å². The topological polar surface area (TPSA) is 12.0 Å². The Hall–Kier alpha value is -0.720. The predicted molar refractivity (Wildman–Crippen MR) is 42.6 cm³/mol. The summed E-state index contributed by atoms with van der Waals surface area (Å²) in [5.74, 6) is 0.823. The van der Waals surface area contributed by atoms with Gasteiger partial charge in [-0.3, -0.25) is 0 Å². The number of hydrogen-bond acceptors (Lipinski definition) is 1. The number of allylic oxidation sites excluding steroid dienone is 2. The lowest BCUT2D eigenvalue weighted by Gasteiger charge is -2.17. The van der Waals surface area contributed by atoms with Gasteiger partial charge in [0, 0.05) is 18.7 Å². The second kappa shape index (κ2) is 2.15. The Bertz CT molecular complexity index is 201. The summed E-state index contributed by atoms with van der Waals surface area (Å²) < 4.78 is 0. The zero-order valence-electron chi connectivity index (χ0n) is 6.35. The number of fused-ring (bicyclic) bond motifs is 1. The van der Waals surface area contributed by atoms with E-state index in [1.54, 1.807) is 0 Å². The van der Waals surface area contributed by atoms with Crippen LogP contribution < -0.4 is 5.32 Å². The van der Waals surface area contributed by atoms with Gasteiger partial charge in [-0.2, -0.15) is 0 Å². The normalized spacial score (nSPS) is 30.3. The van der Waals surface area contributed by atoms with Gasteiger partial charge in [0.25, 0.3) is 0 Å². The van der Waals surface area contributed by atoms with Crippen molar-refractivity contribution in [1.82, 2.24) is 5.32 Å². The van der Waals surface area contributed by atoms with Gasteiger partial charge in [0.05, 0.1) is 0 Å². The SMILES string of the molecule is CC1=CC2=CNCC2CC1. The highest BCUT2D eigenvalue weighted by molar-refractivity contribution is 5.31. The Labute approximate surface area is 61.8 Å². The quantitative estimate of drug-likeness (QED) is 0.534. The molecular weight excluding hydrogens is 122 g/mol. The lowest BCUT2D eigenvalue weighted by molar-refractivity contribution is 0.567. The first-order chi connectivity index (χ1) is 4.86. The monoisotopic (exact) mass is 135 g/mol. The minimum absolute atomic E-state index is 0.823. The summed E-state index contributed by atoms with van der Waals surface area (Å²) in [7, 11) is 0. The first-order valence-electron chi connectivity index (χ1n) is 3.97. The molecule has 1 nitrogen and oxygen atoms in total. The van der Waals surface area contributed by atoms with Crippen LogP contribution in [0, 0.1) is 5.92 Å². The summed E-state index contributed by atoms with van der Waals surface area (Å²) >= 11 is 0. The second-order valence-corrected chi connectivity index (χ2v) is 3.28. The van der Waals surface area contributed by atoms with Gasteiger partial charge in [-0.15, -0.1) is 0 Å². The van der Waals surface area contributed by atoms with Crippen molar-refractivity contribution >= 4 is 0 Å². The van der Waals surface area contributed by atoms with Gasteiger partial charge in [0.2, 0.25) is 0 Å². The Kier molecular flexibility index (Phi) is 1.30. The van der Waals surface area contributed by atoms with E-state index in [2.05, 4.69) is 24.5 Å². The largest absolute Gasteiger partial charge is 0.390 e. The number of nitrogens with one attached hydrogen (secondary N) is 1. The summed E-state index contributed by atoms with van der Waals surface area (Å²) in [5.41, 5.74) is 3.05. The van der Waals surface area contributed by atoms with Crippen LogP contribution in [0.5, 0.6) is 0 Å². The van der Waals surface area contributed by atoms with Gasteiger partial charge in [-0.05, 0) is 25.3 Å². The highest BCUT2D eigenvalue weighted by Crippen LogP contribution is 2.29. The highest BCUT2D eigenvalue weighted by Gasteiger charge is 2.20. The molecule has 1 N–H and O–H groups in total. The zero-order valence-corrected chi connectivity index (χ0v) is 6.35. The van der Waals surface area contributed by atoms with E-state index < -0.39 is 0 Å². The van der Waals surface area contributed by atoms with Crippen LogP contribution in [0.2, 0.25) is 0 Å². The molecule has 0 saturated heterocycles. The Balaban J connectivity index is 2.25. The minimum atomic E-state index is 0.823. The van der Waals surface area contributed by atoms with Gasteiger partial charge in [0.1, 0.15) is 0 Å². The van der Waals surface area contributed by atoms with Crippen molar-refractivity contribution in [1.29, 1.82) is 0 Å². The van der Waals surface area contributed by atoms with Crippen molar-refractivity contribution in [2.75, 3.05) is 6.54 Å². The van der Waals surface area contributed by atoms with E-state index in [0.717, 1.165) is 5.92 Å². The molecule has 0 aromatic carbocycles. The van der Waals surface area contributed by atoms with Gasteiger partial charge in [0.15, 0.2) is 0 Å². The van der Waals surface area contributed by atoms with Crippen molar-refractivity contribution in [3.8, 4) is 0 Å². The lowest BCUT2D eigenvalue weighted by Crippen LogP contribution is -2.12. The molecule has 0 amide bonds. The number of hydrogen-bond donors (Lipinski definition) is 1. The predicted octanol–water partition coefficient (Wildman–Crippen LogP) is 1.83. The smallest absolute Gasteiger partial charge is 0.0211 e. The summed E-state index contributed by atoms with van der Waals surface area (Å²) in [4.78, 5) is 0. The van der Waals surface area contributed by atoms with Crippen molar-refractivity contribution in [2.24, 2.45) is 5.92 Å². The summed E-state index contributed by atoms with van der Waals surface area (Å²) in [6.07, 6.45) is 7.13. The van der Waals surface area contributed by atoms with Crippen molar-refractivity contribution < 1.29 is 0 Å². The standard InChI is InChI=1S/C9H13N/c1-7-2-3-8-5-10-6-9(8)4-7/h4,6,8,10H,2-3,5H2,1H3. The molecule has 1 atom stereocenters. The van der Waals surface area contributed by atoms with Gasteiger partial charge < -0.3 is 5.32 Å². The molecule has 0 aromatic rings. The maximum Gasteiger partial charge on any atom is 0.0211 e. The van der Waals surface area contributed by atoms with E-state index in [1.165, 1.54) is 30.5 Å². The van der Waals surface area contributed by atoms with Gasteiger partial charge >= 0.3 is 0 Å². The third kappa shape index (κ3) is 0.859. The first kappa shape index (κ1) is 6.02. The molecule has 1 unspecified atom stereocenters. The molecule has 0 aromatic heterocycles. The molecule has 1 heterocycles. The van der Waals surface area contributed by atoms with Crippen LogP contribution in [0.25, 0.3) is 0 Å². The van der Waals surface area contributed by atoms with Crippen LogP contribution in [0.15, 0.2) is 23.4 Å². The molecule has 0 saturated carbocycles. The van der Waals surface area contributed by atoms with Crippen LogP contribution in [-0.2, 0) is 0 Å². The third-order valence-electron chi connectivity index (χ3n) is 2.40. The second-order valence-electron chi connectivity index (χ2n) is 3.28. The van der Waals surface area contributed by atoms with E-state index >= 15 is 0 Å². The Morgan fingerprint density at radius 1 is 1.60 bits per heavy atom. The molecular formula is C9H13N. The van der Waals surface area contributed by atoms with E-state index in [0.29, 0.717) is 0 Å². The summed E-state index contributed by atoms with van der Waals surface area (Å²) in [6.45, 7) is 3.38.